The molecule has 0 unspecified atom stereocenters. The largest absolute Gasteiger partial charge is 0.432 e. The van der Waals surface area contributed by atoms with Gasteiger partial charge in [-0.3, -0.25) is 4.40 Å². The summed E-state index contributed by atoms with van der Waals surface area (Å²) >= 11 is 0. The van der Waals surface area contributed by atoms with Crippen molar-refractivity contribution in [2.75, 3.05) is 0 Å². The smallest absolute Gasteiger partial charge is 0.306 e. The van der Waals surface area contributed by atoms with Gasteiger partial charge < -0.3 is 4.42 Å². The third-order valence-electron chi connectivity index (χ3n) is 8.84. The predicted molar refractivity (Wildman–Crippen MR) is 170 cm³/mol. The standard InChI is InChI=1S/C39H30N2O/c1-26(2)27-17-19-28(20-18-27)36-37(41-23-24-42-38(41)40-36)29-21-22-33-32-15-9-10-16-34(32)39(35(33)25-29,30-11-5-3-6-12-30)31-13-7-4-8-14-31/h3-26H,1-2H3. The lowest BCUT2D eigenvalue weighted by atomic mass is 9.67. The number of hydrogen-bond donors (Lipinski definition) is 0. The van der Waals surface area contributed by atoms with Gasteiger partial charge in [-0.2, -0.15) is 4.98 Å². The molecule has 0 N–H and O–H groups in total. The number of rotatable bonds is 5. The Morgan fingerprint density at radius 3 is 1.95 bits per heavy atom. The number of aromatic nitrogens is 2. The SMILES string of the molecule is CC(C)c1ccc(-c2nc3occn3c2-c2ccc3c(c2)C(c2ccccc2)(c2ccccc2)c2ccccc2-3)cc1. The molecular weight excluding hydrogens is 512 g/mol. The zero-order valence-corrected chi connectivity index (χ0v) is 23.7. The first kappa shape index (κ1) is 24.6. The first-order valence-corrected chi connectivity index (χ1v) is 14.6. The highest BCUT2D eigenvalue weighted by molar-refractivity contribution is 5.90. The van der Waals surface area contributed by atoms with Gasteiger partial charge in [0.05, 0.1) is 11.1 Å². The van der Waals surface area contributed by atoms with Gasteiger partial charge in [0.25, 0.3) is 0 Å². The number of benzene rings is 5. The van der Waals surface area contributed by atoms with E-state index in [1.807, 2.05) is 6.20 Å². The molecule has 3 heteroatoms. The second kappa shape index (κ2) is 9.46. The molecule has 42 heavy (non-hydrogen) atoms. The van der Waals surface area contributed by atoms with E-state index in [1.165, 1.54) is 38.9 Å². The van der Waals surface area contributed by atoms with Gasteiger partial charge in [0, 0.05) is 17.3 Å². The van der Waals surface area contributed by atoms with Crippen molar-refractivity contribution in [1.29, 1.82) is 0 Å². The van der Waals surface area contributed by atoms with Crippen LogP contribution < -0.4 is 0 Å². The van der Waals surface area contributed by atoms with E-state index in [2.05, 4.69) is 146 Å². The molecule has 2 heterocycles. The van der Waals surface area contributed by atoms with Crippen LogP contribution in [-0.4, -0.2) is 9.38 Å². The highest BCUT2D eigenvalue weighted by Gasteiger charge is 2.46. The second-order valence-corrected chi connectivity index (χ2v) is 11.4. The zero-order valence-electron chi connectivity index (χ0n) is 23.7. The van der Waals surface area contributed by atoms with Gasteiger partial charge in [0.15, 0.2) is 0 Å². The third kappa shape index (κ3) is 3.50. The van der Waals surface area contributed by atoms with Gasteiger partial charge in [-0.15, -0.1) is 0 Å². The van der Waals surface area contributed by atoms with Crippen molar-refractivity contribution >= 4 is 5.84 Å². The average Bonchev–Trinajstić information content (AvgIpc) is 3.72. The monoisotopic (exact) mass is 542 g/mol. The first-order chi connectivity index (χ1) is 20.7. The van der Waals surface area contributed by atoms with Crippen molar-refractivity contribution in [2.45, 2.75) is 25.2 Å². The van der Waals surface area contributed by atoms with Crippen LogP contribution in [0.2, 0.25) is 0 Å². The van der Waals surface area contributed by atoms with Gasteiger partial charge in [-0.1, -0.05) is 135 Å². The number of imidazole rings is 1. The molecule has 0 saturated carbocycles. The van der Waals surface area contributed by atoms with Gasteiger partial charge in [0.2, 0.25) is 0 Å². The molecular formula is C39H30N2O. The minimum Gasteiger partial charge on any atom is -0.432 e. The summed E-state index contributed by atoms with van der Waals surface area (Å²) < 4.78 is 7.89. The molecule has 3 nitrogen and oxygen atoms in total. The minimum absolute atomic E-state index is 0.455. The van der Waals surface area contributed by atoms with E-state index in [0.29, 0.717) is 11.8 Å². The maximum atomic E-state index is 5.82. The molecule has 202 valence electrons. The van der Waals surface area contributed by atoms with Gasteiger partial charge in [-0.25, -0.2) is 0 Å². The lowest BCUT2D eigenvalue weighted by Gasteiger charge is -2.34. The minimum atomic E-state index is -0.455. The molecule has 0 saturated heterocycles. The molecule has 7 aromatic rings. The maximum absolute atomic E-state index is 5.82. The fourth-order valence-corrected chi connectivity index (χ4v) is 6.88. The van der Waals surface area contributed by atoms with Gasteiger partial charge >= 0.3 is 5.84 Å². The Bertz CT molecular complexity index is 2010. The summed E-state index contributed by atoms with van der Waals surface area (Å²) in [6.45, 7) is 4.44. The summed E-state index contributed by atoms with van der Waals surface area (Å²) in [5.74, 6) is 1.06. The number of oxazole rings is 1. The summed E-state index contributed by atoms with van der Waals surface area (Å²) in [6.07, 6.45) is 3.67. The Hall–Kier alpha value is -5.15. The van der Waals surface area contributed by atoms with Crippen molar-refractivity contribution in [2.24, 2.45) is 0 Å². The third-order valence-corrected chi connectivity index (χ3v) is 8.84. The Morgan fingerprint density at radius 2 is 1.26 bits per heavy atom. The van der Waals surface area contributed by atoms with Crippen LogP contribution >= 0.6 is 0 Å². The predicted octanol–water partition coefficient (Wildman–Crippen LogP) is 9.75. The number of hydrogen-bond acceptors (Lipinski definition) is 2. The van der Waals surface area contributed by atoms with Crippen LogP contribution in [0.1, 0.15) is 47.6 Å². The van der Waals surface area contributed by atoms with Crippen LogP contribution in [0.15, 0.2) is 144 Å². The second-order valence-electron chi connectivity index (χ2n) is 11.4. The Morgan fingerprint density at radius 1 is 0.643 bits per heavy atom. The van der Waals surface area contributed by atoms with E-state index in [0.717, 1.165) is 22.5 Å². The van der Waals surface area contributed by atoms with E-state index in [1.54, 1.807) is 6.26 Å². The first-order valence-electron chi connectivity index (χ1n) is 14.6. The van der Waals surface area contributed by atoms with E-state index < -0.39 is 5.41 Å². The Labute approximate surface area is 245 Å². The zero-order chi connectivity index (χ0) is 28.3. The lowest BCUT2D eigenvalue weighted by molar-refractivity contribution is 0.596. The van der Waals surface area contributed by atoms with Crippen molar-refractivity contribution in [3.63, 3.8) is 0 Å². The molecule has 0 atom stereocenters. The molecule has 0 fully saturated rings. The van der Waals surface area contributed by atoms with Gasteiger partial charge in [0.1, 0.15) is 12.0 Å². The van der Waals surface area contributed by atoms with Crippen molar-refractivity contribution in [3.8, 4) is 33.6 Å². The molecule has 5 aromatic carbocycles. The normalized spacial score (nSPS) is 13.4. The van der Waals surface area contributed by atoms with Crippen LogP contribution in [0.25, 0.3) is 39.5 Å². The van der Waals surface area contributed by atoms with Crippen molar-refractivity contribution < 1.29 is 4.42 Å². The summed E-state index contributed by atoms with van der Waals surface area (Å²) in [7, 11) is 0. The maximum Gasteiger partial charge on any atom is 0.306 e. The molecule has 0 bridgehead atoms. The molecule has 2 aromatic heterocycles. The highest BCUT2D eigenvalue weighted by atomic mass is 16.3. The molecule has 1 aliphatic rings. The quantitative estimate of drug-likeness (QED) is 0.217. The van der Waals surface area contributed by atoms with E-state index in [-0.39, 0.29) is 0 Å². The van der Waals surface area contributed by atoms with Crippen LogP contribution in [-0.2, 0) is 5.41 Å². The highest BCUT2D eigenvalue weighted by Crippen LogP contribution is 2.56. The summed E-state index contributed by atoms with van der Waals surface area (Å²) in [6, 6.07) is 46.4. The van der Waals surface area contributed by atoms with Crippen molar-refractivity contribution in [3.05, 3.63) is 168 Å². The number of fused-ring (bicyclic) bond motifs is 4. The van der Waals surface area contributed by atoms with Crippen molar-refractivity contribution in [1.82, 2.24) is 9.38 Å². The molecule has 8 rings (SSSR count). The fraction of sp³-hybridized carbons (Fsp3) is 0.103. The van der Waals surface area contributed by atoms with E-state index in [9.17, 15) is 0 Å². The lowest BCUT2D eigenvalue weighted by Crippen LogP contribution is -2.28. The van der Waals surface area contributed by atoms with Crippen LogP contribution in [0, 0.1) is 0 Å². The molecule has 0 radical (unpaired) electrons. The molecule has 0 aliphatic heterocycles. The van der Waals surface area contributed by atoms with Crippen LogP contribution in [0.4, 0.5) is 0 Å². The molecule has 1 aliphatic carbocycles. The molecule has 0 amide bonds. The van der Waals surface area contributed by atoms with Crippen LogP contribution in [0.3, 0.4) is 0 Å². The average molecular weight is 543 g/mol. The summed E-state index contributed by atoms with van der Waals surface area (Å²) in [4.78, 5) is 4.98. The van der Waals surface area contributed by atoms with E-state index >= 15 is 0 Å². The van der Waals surface area contributed by atoms with E-state index in [4.69, 9.17) is 9.40 Å². The topological polar surface area (TPSA) is 30.4 Å². The molecule has 0 spiro atoms. The Kier molecular flexibility index (Phi) is 5.55. The fourth-order valence-electron chi connectivity index (χ4n) is 6.88. The summed E-state index contributed by atoms with van der Waals surface area (Å²) in [5, 5.41) is 0. The summed E-state index contributed by atoms with van der Waals surface area (Å²) in [5.41, 5.74) is 12.6. The van der Waals surface area contributed by atoms with Gasteiger partial charge in [-0.05, 0) is 50.9 Å². The van der Waals surface area contributed by atoms with Crippen LogP contribution in [0.5, 0.6) is 0 Å². The Balaban J connectivity index is 1.42. The number of nitrogens with zero attached hydrogens (tertiary/aromatic N) is 2.